The number of carbonyl (C=O) groups excluding carboxylic acids is 1. The lowest BCUT2D eigenvalue weighted by atomic mass is 9.95. The zero-order chi connectivity index (χ0) is 13.9. The maximum Gasteiger partial charge on any atom is 0.140 e. The third-order valence-electron chi connectivity index (χ3n) is 3.44. The Morgan fingerprint density at radius 2 is 1.79 bits per heavy atom. The first-order chi connectivity index (χ1) is 9.02. The van der Waals surface area contributed by atoms with Crippen LogP contribution in [0.4, 0.5) is 0 Å². The third kappa shape index (κ3) is 3.42. The van der Waals surface area contributed by atoms with Gasteiger partial charge in [0.1, 0.15) is 5.78 Å². The summed E-state index contributed by atoms with van der Waals surface area (Å²) < 4.78 is 5.31. The quantitative estimate of drug-likeness (QED) is 0.814. The SMILES string of the molecule is COC(C)(C)CC(=O)Cc1cccc2ccccc12. The predicted octanol–water partition coefficient (Wildman–Crippen LogP) is 3.77. The summed E-state index contributed by atoms with van der Waals surface area (Å²) in [5.41, 5.74) is 0.705. The first-order valence-electron chi connectivity index (χ1n) is 6.55. The Bertz CT molecular complexity index is 579. The first-order valence-corrected chi connectivity index (χ1v) is 6.55. The lowest BCUT2D eigenvalue weighted by Gasteiger charge is -2.21. The number of methoxy groups -OCH3 is 1. The van der Waals surface area contributed by atoms with E-state index in [9.17, 15) is 4.79 Å². The van der Waals surface area contributed by atoms with Gasteiger partial charge in [-0.05, 0) is 30.2 Å². The number of hydrogen-bond donors (Lipinski definition) is 0. The number of Topliss-reactive ketones (excluding diaryl/α,β-unsaturated/α-hetero) is 1. The van der Waals surface area contributed by atoms with E-state index in [-0.39, 0.29) is 11.4 Å². The minimum Gasteiger partial charge on any atom is -0.378 e. The lowest BCUT2D eigenvalue weighted by Crippen LogP contribution is -2.27. The monoisotopic (exact) mass is 256 g/mol. The number of ketones is 1. The molecule has 100 valence electrons. The van der Waals surface area contributed by atoms with Crippen LogP contribution in [0.3, 0.4) is 0 Å². The number of fused-ring (bicyclic) bond motifs is 1. The average molecular weight is 256 g/mol. The Labute approximate surface area is 114 Å². The normalized spacial score (nSPS) is 11.7. The van der Waals surface area contributed by atoms with Gasteiger partial charge in [0.2, 0.25) is 0 Å². The molecule has 0 amide bonds. The predicted molar refractivity (Wildman–Crippen MR) is 78.4 cm³/mol. The molecule has 0 fully saturated rings. The first kappa shape index (κ1) is 13.8. The van der Waals surface area contributed by atoms with Crippen LogP contribution in [0.15, 0.2) is 42.5 Å². The van der Waals surface area contributed by atoms with Crippen LogP contribution in [0.1, 0.15) is 25.8 Å². The highest BCUT2D eigenvalue weighted by Gasteiger charge is 2.21. The van der Waals surface area contributed by atoms with Crippen molar-refractivity contribution in [1.82, 2.24) is 0 Å². The highest BCUT2D eigenvalue weighted by molar-refractivity contribution is 5.91. The van der Waals surface area contributed by atoms with Gasteiger partial charge in [0.15, 0.2) is 0 Å². The standard InChI is InChI=1S/C17H20O2/c1-17(2,19-3)12-15(18)11-14-9-6-8-13-7-4-5-10-16(13)14/h4-10H,11-12H2,1-3H3. The second kappa shape index (κ2) is 5.54. The van der Waals surface area contributed by atoms with Crippen molar-refractivity contribution in [2.45, 2.75) is 32.3 Å². The minimum atomic E-state index is -0.387. The molecule has 2 rings (SSSR count). The van der Waals surface area contributed by atoms with Crippen molar-refractivity contribution < 1.29 is 9.53 Å². The van der Waals surface area contributed by atoms with Gasteiger partial charge in [0.25, 0.3) is 0 Å². The molecule has 0 radical (unpaired) electrons. The molecule has 0 aliphatic rings. The van der Waals surface area contributed by atoms with Crippen LogP contribution in [0, 0.1) is 0 Å². The van der Waals surface area contributed by atoms with Gasteiger partial charge in [-0.1, -0.05) is 42.5 Å². The second-order valence-corrected chi connectivity index (χ2v) is 5.49. The Balaban J connectivity index is 2.20. The van der Waals surface area contributed by atoms with Crippen molar-refractivity contribution >= 4 is 16.6 Å². The molecular formula is C17H20O2. The van der Waals surface area contributed by atoms with Crippen molar-refractivity contribution in [2.75, 3.05) is 7.11 Å². The number of ether oxygens (including phenoxy) is 1. The van der Waals surface area contributed by atoms with Crippen LogP contribution in [0.5, 0.6) is 0 Å². The van der Waals surface area contributed by atoms with Crippen molar-refractivity contribution in [3.05, 3.63) is 48.0 Å². The van der Waals surface area contributed by atoms with Gasteiger partial charge >= 0.3 is 0 Å². The van der Waals surface area contributed by atoms with Crippen molar-refractivity contribution in [3.63, 3.8) is 0 Å². The molecule has 0 N–H and O–H groups in total. The van der Waals surface area contributed by atoms with E-state index in [2.05, 4.69) is 18.2 Å². The van der Waals surface area contributed by atoms with Gasteiger partial charge in [-0.15, -0.1) is 0 Å². The Morgan fingerprint density at radius 3 is 2.53 bits per heavy atom. The van der Waals surface area contributed by atoms with E-state index in [1.165, 1.54) is 5.39 Å². The molecule has 0 heterocycles. The summed E-state index contributed by atoms with van der Waals surface area (Å²) in [5.74, 6) is 0.211. The molecule has 2 aromatic carbocycles. The summed E-state index contributed by atoms with van der Waals surface area (Å²) in [7, 11) is 1.64. The van der Waals surface area contributed by atoms with E-state index >= 15 is 0 Å². The Morgan fingerprint density at radius 1 is 1.11 bits per heavy atom. The fourth-order valence-corrected chi connectivity index (χ4v) is 2.27. The molecule has 0 saturated carbocycles. The molecule has 0 atom stereocenters. The number of carbonyl (C=O) groups is 1. The van der Waals surface area contributed by atoms with Crippen LogP contribution in [-0.4, -0.2) is 18.5 Å². The highest BCUT2D eigenvalue weighted by Crippen LogP contribution is 2.21. The maximum atomic E-state index is 12.2. The Kier molecular flexibility index (Phi) is 4.01. The van der Waals surface area contributed by atoms with E-state index in [1.54, 1.807) is 7.11 Å². The summed E-state index contributed by atoms with van der Waals surface area (Å²) in [6.07, 6.45) is 0.904. The fraction of sp³-hybridized carbons (Fsp3) is 0.353. The molecule has 19 heavy (non-hydrogen) atoms. The summed E-state index contributed by atoms with van der Waals surface area (Å²) in [6, 6.07) is 14.3. The average Bonchev–Trinajstić information content (AvgIpc) is 2.38. The van der Waals surface area contributed by atoms with Crippen molar-refractivity contribution in [2.24, 2.45) is 0 Å². The molecule has 2 nitrogen and oxygen atoms in total. The van der Waals surface area contributed by atoms with Crippen LogP contribution < -0.4 is 0 Å². The minimum absolute atomic E-state index is 0.211. The number of benzene rings is 2. The van der Waals surface area contributed by atoms with E-state index in [1.807, 2.05) is 38.1 Å². The molecular weight excluding hydrogens is 236 g/mol. The van der Waals surface area contributed by atoms with Crippen LogP contribution >= 0.6 is 0 Å². The van der Waals surface area contributed by atoms with E-state index in [0.29, 0.717) is 12.8 Å². The molecule has 0 bridgehead atoms. The van der Waals surface area contributed by atoms with E-state index in [4.69, 9.17) is 4.74 Å². The van der Waals surface area contributed by atoms with Gasteiger partial charge in [-0.3, -0.25) is 4.79 Å². The zero-order valence-corrected chi connectivity index (χ0v) is 11.8. The summed E-state index contributed by atoms with van der Waals surface area (Å²) in [5, 5.41) is 2.34. The lowest BCUT2D eigenvalue weighted by molar-refractivity contribution is -0.123. The second-order valence-electron chi connectivity index (χ2n) is 5.49. The molecule has 0 unspecified atom stereocenters. The van der Waals surface area contributed by atoms with Gasteiger partial charge in [-0.2, -0.15) is 0 Å². The molecule has 0 aromatic heterocycles. The maximum absolute atomic E-state index is 12.2. The van der Waals surface area contributed by atoms with Gasteiger partial charge in [0, 0.05) is 20.0 Å². The van der Waals surface area contributed by atoms with Gasteiger partial charge < -0.3 is 4.74 Å². The summed E-state index contributed by atoms with van der Waals surface area (Å²) >= 11 is 0. The van der Waals surface area contributed by atoms with Crippen LogP contribution in [0.25, 0.3) is 10.8 Å². The highest BCUT2D eigenvalue weighted by atomic mass is 16.5. The van der Waals surface area contributed by atoms with Crippen molar-refractivity contribution in [3.8, 4) is 0 Å². The van der Waals surface area contributed by atoms with Crippen LogP contribution in [0.2, 0.25) is 0 Å². The summed E-state index contributed by atoms with van der Waals surface area (Å²) in [4.78, 5) is 12.2. The van der Waals surface area contributed by atoms with Gasteiger partial charge in [0.05, 0.1) is 5.60 Å². The molecule has 2 heteroatoms. The summed E-state index contributed by atoms with van der Waals surface area (Å²) in [6.45, 7) is 3.88. The van der Waals surface area contributed by atoms with E-state index < -0.39 is 0 Å². The number of rotatable bonds is 5. The molecule has 2 aromatic rings. The fourth-order valence-electron chi connectivity index (χ4n) is 2.27. The van der Waals surface area contributed by atoms with Crippen LogP contribution in [-0.2, 0) is 16.0 Å². The molecule has 0 aliphatic heterocycles. The van der Waals surface area contributed by atoms with Crippen molar-refractivity contribution in [1.29, 1.82) is 0 Å². The van der Waals surface area contributed by atoms with Gasteiger partial charge in [-0.25, -0.2) is 0 Å². The van der Waals surface area contributed by atoms with E-state index in [0.717, 1.165) is 10.9 Å². The molecule has 0 spiro atoms. The number of hydrogen-bond acceptors (Lipinski definition) is 2. The Hall–Kier alpha value is -1.67. The third-order valence-corrected chi connectivity index (χ3v) is 3.44. The molecule has 0 saturated heterocycles. The largest absolute Gasteiger partial charge is 0.378 e. The topological polar surface area (TPSA) is 26.3 Å². The zero-order valence-electron chi connectivity index (χ0n) is 11.8. The smallest absolute Gasteiger partial charge is 0.140 e. The molecule has 0 aliphatic carbocycles.